The second-order valence-electron chi connectivity index (χ2n) is 5.58. The number of rotatable bonds is 7. The topological polar surface area (TPSA) is 105 Å². The van der Waals surface area contributed by atoms with Gasteiger partial charge in [0.15, 0.2) is 0 Å². The molecule has 7 nitrogen and oxygen atoms in total. The van der Waals surface area contributed by atoms with Crippen LogP contribution in [-0.4, -0.2) is 47.7 Å². The quantitative estimate of drug-likeness (QED) is 0.589. The van der Waals surface area contributed by atoms with E-state index in [1.807, 2.05) is 0 Å². The minimum atomic E-state index is -1.14. The maximum atomic E-state index is 11.8. The van der Waals surface area contributed by atoms with Crippen LogP contribution < -0.4 is 10.6 Å². The number of carbonyl (C=O) groups excluding carboxylic acids is 2. The van der Waals surface area contributed by atoms with Crippen molar-refractivity contribution in [2.45, 2.75) is 64.1 Å². The number of nitrogens with one attached hydrogen (secondary N) is 2. The molecule has 1 aliphatic carbocycles. The summed E-state index contributed by atoms with van der Waals surface area (Å²) in [6.07, 6.45) is 4.63. The summed E-state index contributed by atoms with van der Waals surface area (Å²) in [7, 11) is 0. The number of carboxylic acids is 1. The normalized spacial score (nSPS) is 20.0. The standard InChI is InChI=1S/C16H24N2O5/c1-11(15(20)18-12(2)16(21)22)17-14(19)10-23-13-8-6-4-3-5-7-9-13/h11-13H,3-6,8,10H2,1-2H3,(H,17,19)(H,18,20)(H,21,22). The zero-order chi connectivity index (χ0) is 17.2. The molecule has 3 N–H and O–H groups in total. The van der Waals surface area contributed by atoms with Crippen LogP contribution >= 0.6 is 0 Å². The maximum Gasteiger partial charge on any atom is 0.325 e. The van der Waals surface area contributed by atoms with Gasteiger partial charge < -0.3 is 20.5 Å². The van der Waals surface area contributed by atoms with Crippen molar-refractivity contribution in [2.75, 3.05) is 6.61 Å². The van der Waals surface area contributed by atoms with E-state index in [-0.39, 0.29) is 12.7 Å². The fourth-order valence-corrected chi connectivity index (χ4v) is 2.03. The molecule has 128 valence electrons. The molecular weight excluding hydrogens is 300 g/mol. The molecule has 1 aliphatic rings. The molecule has 0 aromatic heterocycles. The molecule has 0 saturated heterocycles. The van der Waals surface area contributed by atoms with E-state index in [0.717, 1.165) is 32.1 Å². The summed E-state index contributed by atoms with van der Waals surface area (Å²) in [5.41, 5.74) is 0. The summed E-state index contributed by atoms with van der Waals surface area (Å²) < 4.78 is 5.47. The van der Waals surface area contributed by atoms with E-state index in [0.29, 0.717) is 0 Å². The largest absolute Gasteiger partial charge is 0.480 e. The van der Waals surface area contributed by atoms with Crippen molar-refractivity contribution in [1.82, 2.24) is 10.6 Å². The molecule has 0 fully saturated rings. The van der Waals surface area contributed by atoms with Crippen molar-refractivity contribution in [1.29, 1.82) is 0 Å². The Balaban J connectivity index is 2.34. The highest BCUT2D eigenvalue weighted by molar-refractivity contribution is 5.90. The van der Waals surface area contributed by atoms with Gasteiger partial charge in [-0.25, -0.2) is 0 Å². The number of ether oxygens (including phenoxy) is 1. The van der Waals surface area contributed by atoms with Crippen LogP contribution in [0.4, 0.5) is 0 Å². The lowest BCUT2D eigenvalue weighted by Crippen LogP contribution is -2.50. The maximum absolute atomic E-state index is 11.8. The fraction of sp³-hybridized carbons (Fsp3) is 0.688. The molecule has 0 saturated carbocycles. The molecule has 0 aliphatic heterocycles. The smallest absolute Gasteiger partial charge is 0.325 e. The van der Waals surface area contributed by atoms with Crippen molar-refractivity contribution in [3.05, 3.63) is 0 Å². The Morgan fingerprint density at radius 1 is 1.17 bits per heavy atom. The Labute approximate surface area is 136 Å². The third kappa shape index (κ3) is 7.66. The Morgan fingerprint density at radius 3 is 2.61 bits per heavy atom. The van der Waals surface area contributed by atoms with E-state index in [1.54, 1.807) is 0 Å². The summed E-state index contributed by atoms with van der Waals surface area (Å²) in [5, 5.41) is 13.5. The summed E-state index contributed by atoms with van der Waals surface area (Å²) in [6, 6.07) is -1.85. The van der Waals surface area contributed by atoms with Crippen LogP contribution in [0, 0.1) is 11.8 Å². The highest BCUT2D eigenvalue weighted by Gasteiger charge is 2.20. The monoisotopic (exact) mass is 324 g/mol. The first kappa shape index (κ1) is 19.0. The van der Waals surface area contributed by atoms with Gasteiger partial charge in [0.1, 0.15) is 24.8 Å². The van der Waals surface area contributed by atoms with Crippen LogP contribution in [0.25, 0.3) is 0 Å². The van der Waals surface area contributed by atoms with Crippen LogP contribution in [0.2, 0.25) is 0 Å². The molecule has 1 rings (SSSR count). The minimum Gasteiger partial charge on any atom is -0.480 e. The number of aliphatic carboxylic acids is 1. The Morgan fingerprint density at radius 2 is 1.91 bits per heavy atom. The highest BCUT2D eigenvalue weighted by Crippen LogP contribution is 2.10. The summed E-state index contributed by atoms with van der Waals surface area (Å²) in [6.45, 7) is 2.66. The third-order valence-electron chi connectivity index (χ3n) is 3.45. The van der Waals surface area contributed by atoms with Crippen molar-refractivity contribution in [3.63, 3.8) is 0 Å². The lowest BCUT2D eigenvalue weighted by Gasteiger charge is -2.17. The molecule has 7 heteroatoms. The first-order valence-corrected chi connectivity index (χ1v) is 7.82. The molecule has 0 aromatic rings. The molecule has 3 unspecified atom stereocenters. The van der Waals surface area contributed by atoms with Crippen LogP contribution in [0.1, 0.15) is 46.0 Å². The number of carboxylic acid groups (broad SMARTS) is 1. The summed E-state index contributed by atoms with van der Waals surface area (Å²) in [5.74, 6) is 3.90. The Hall–Kier alpha value is -2.07. The third-order valence-corrected chi connectivity index (χ3v) is 3.45. The molecule has 0 aromatic carbocycles. The molecule has 0 spiro atoms. The predicted molar refractivity (Wildman–Crippen MR) is 83.4 cm³/mol. The van der Waals surface area contributed by atoms with E-state index in [2.05, 4.69) is 22.5 Å². The number of hydrogen-bond acceptors (Lipinski definition) is 4. The second kappa shape index (κ2) is 9.85. The van der Waals surface area contributed by atoms with Crippen LogP contribution in [0.15, 0.2) is 0 Å². The van der Waals surface area contributed by atoms with Crippen molar-refractivity contribution in [2.24, 2.45) is 0 Å². The number of amides is 2. The van der Waals surface area contributed by atoms with Gasteiger partial charge in [0.25, 0.3) is 0 Å². The van der Waals surface area contributed by atoms with E-state index < -0.39 is 29.9 Å². The van der Waals surface area contributed by atoms with Gasteiger partial charge in [0.2, 0.25) is 11.8 Å². The average molecular weight is 324 g/mol. The number of carbonyl (C=O) groups is 3. The summed E-state index contributed by atoms with van der Waals surface area (Å²) >= 11 is 0. The molecule has 0 heterocycles. The first-order valence-electron chi connectivity index (χ1n) is 7.82. The van der Waals surface area contributed by atoms with Crippen LogP contribution in [0.5, 0.6) is 0 Å². The molecule has 3 atom stereocenters. The van der Waals surface area contributed by atoms with E-state index in [4.69, 9.17) is 9.84 Å². The molecule has 2 amide bonds. The van der Waals surface area contributed by atoms with Gasteiger partial charge in [-0.3, -0.25) is 14.4 Å². The summed E-state index contributed by atoms with van der Waals surface area (Å²) in [4.78, 5) is 34.2. The van der Waals surface area contributed by atoms with Gasteiger partial charge >= 0.3 is 5.97 Å². The Kier molecular flexibility index (Phi) is 8.13. The van der Waals surface area contributed by atoms with E-state index in [1.165, 1.54) is 13.8 Å². The van der Waals surface area contributed by atoms with Crippen molar-refractivity contribution >= 4 is 17.8 Å². The lowest BCUT2D eigenvalue weighted by atomic mass is 10.1. The molecule has 23 heavy (non-hydrogen) atoms. The van der Waals surface area contributed by atoms with Crippen LogP contribution in [-0.2, 0) is 19.1 Å². The van der Waals surface area contributed by atoms with E-state index >= 15 is 0 Å². The zero-order valence-electron chi connectivity index (χ0n) is 13.6. The minimum absolute atomic E-state index is 0.175. The molecular formula is C16H24N2O5. The number of hydrogen-bond donors (Lipinski definition) is 3. The fourth-order valence-electron chi connectivity index (χ4n) is 2.03. The Bertz CT molecular complexity index is 494. The van der Waals surface area contributed by atoms with Gasteiger partial charge in [-0.05, 0) is 33.1 Å². The second-order valence-corrected chi connectivity index (χ2v) is 5.58. The van der Waals surface area contributed by atoms with Gasteiger partial charge in [0, 0.05) is 6.42 Å². The lowest BCUT2D eigenvalue weighted by molar-refractivity contribution is -0.141. The highest BCUT2D eigenvalue weighted by atomic mass is 16.5. The van der Waals surface area contributed by atoms with Gasteiger partial charge in [-0.2, -0.15) is 0 Å². The van der Waals surface area contributed by atoms with Crippen molar-refractivity contribution in [3.8, 4) is 11.8 Å². The first-order chi connectivity index (χ1) is 10.9. The average Bonchev–Trinajstić information content (AvgIpc) is 2.45. The van der Waals surface area contributed by atoms with Crippen LogP contribution in [0.3, 0.4) is 0 Å². The SMILES string of the molecule is CC(NC(=O)C(C)NC(=O)COC1C#CCCCCC1)C(=O)O. The van der Waals surface area contributed by atoms with Gasteiger partial charge in [-0.15, -0.1) is 5.92 Å². The molecule has 0 bridgehead atoms. The predicted octanol–water partition coefficient (Wildman–Crippen LogP) is 0.433. The zero-order valence-corrected chi connectivity index (χ0v) is 13.6. The van der Waals surface area contributed by atoms with Gasteiger partial charge in [-0.1, -0.05) is 12.3 Å². The van der Waals surface area contributed by atoms with Gasteiger partial charge in [0.05, 0.1) is 0 Å². The van der Waals surface area contributed by atoms with Crippen molar-refractivity contribution < 1.29 is 24.2 Å². The molecule has 0 radical (unpaired) electrons. The van der Waals surface area contributed by atoms with E-state index in [9.17, 15) is 14.4 Å².